The molecule has 0 amide bonds. The molecular formula is C19H26FIN4O2. The van der Waals surface area contributed by atoms with E-state index in [9.17, 15) is 4.39 Å². The number of rotatable bonds is 7. The van der Waals surface area contributed by atoms with Gasteiger partial charge in [-0.3, -0.25) is 0 Å². The van der Waals surface area contributed by atoms with E-state index in [1.54, 1.807) is 38.5 Å². The van der Waals surface area contributed by atoms with Crippen LogP contribution >= 0.6 is 24.0 Å². The van der Waals surface area contributed by atoms with Crippen molar-refractivity contribution < 1.29 is 13.9 Å². The van der Waals surface area contributed by atoms with E-state index in [0.29, 0.717) is 29.3 Å². The number of nitrogens with zero attached hydrogens (tertiary/aromatic N) is 2. The maximum Gasteiger partial charge on any atom is 0.193 e. The van der Waals surface area contributed by atoms with Crippen LogP contribution in [-0.4, -0.2) is 39.2 Å². The number of benzene rings is 2. The molecule has 2 aromatic rings. The molecule has 0 radical (unpaired) electrons. The number of halogens is 2. The van der Waals surface area contributed by atoms with Gasteiger partial charge in [-0.15, -0.1) is 24.0 Å². The molecule has 148 valence electrons. The van der Waals surface area contributed by atoms with Crippen molar-refractivity contribution in [2.24, 2.45) is 10.7 Å². The summed E-state index contributed by atoms with van der Waals surface area (Å²) in [6, 6.07) is 10.4. The van der Waals surface area contributed by atoms with E-state index in [0.717, 1.165) is 5.56 Å². The van der Waals surface area contributed by atoms with Crippen molar-refractivity contribution in [2.45, 2.75) is 13.1 Å². The van der Waals surface area contributed by atoms with E-state index in [4.69, 9.17) is 15.2 Å². The molecule has 0 unspecified atom stereocenters. The summed E-state index contributed by atoms with van der Waals surface area (Å²) in [5.41, 5.74) is 7.98. The molecule has 0 saturated carbocycles. The van der Waals surface area contributed by atoms with Gasteiger partial charge in [-0.2, -0.15) is 0 Å². The number of hydrogen-bond donors (Lipinski definition) is 2. The maximum absolute atomic E-state index is 14.1. The highest BCUT2D eigenvalue weighted by Gasteiger charge is 2.07. The number of anilines is 1. The van der Waals surface area contributed by atoms with Crippen molar-refractivity contribution in [3.63, 3.8) is 0 Å². The van der Waals surface area contributed by atoms with Crippen LogP contribution in [0.25, 0.3) is 0 Å². The Morgan fingerprint density at radius 3 is 2.48 bits per heavy atom. The van der Waals surface area contributed by atoms with Gasteiger partial charge in [-0.1, -0.05) is 12.1 Å². The standard InChI is InChI=1S/C19H25FN4O2.HI/c1-24(2)12-14-6-5-13(9-16(14)20)11-22-19(21)23-17-10-15(25-3)7-8-18(17)26-4;/h5-10H,11-12H2,1-4H3,(H3,21,22,23);1H. The van der Waals surface area contributed by atoms with Crippen LogP contribution in [0.5, 0.6) is 11.5 Å². The summed E-state index contributed by atoms with van der Waals surface area (Å²) in [4.78, 5) is 6.18. The quantitative estimate of drug-likeness (QED) is 0.355. The fourth-order valence-corrected chi connectivity index (χ4v) is 2.42. The molecule has 0 fully saturated rings. The predicted octanol–water partition coefficient (Wildman–Crippen LogP) is 3.45. The van der Waals surface area contributed by atoms with Crippen molar-refractivity contribution in [3.8, 4) is 11.5 Å². The number of guanidine groups is 1. The Bertz CT molecular complexity index is 784. The van der Waals surface area contributed by atoms with Gasteiger partial charge in [0.2, 0.25) is 0 Å². The molecule has 0 aliphatic heterocycles. The van der Waals surface area contributed by atoms with Gasteiger partial charge < -0.3 is 25.4 Å². The third-order valence-electron chi connectivity index (χ3n) is 3.71. The van der Waals surface area contributed by atoms with Crippen LogP contribution in [-0.2, 0) is 13.1 Å². The lowest BCUT2D eigenvalue weighted by molar-refractivity contribution is 0.392. The lowest BCUT2D eigenvalue weighted by Crippen LogP contribution is -2.23. The molecule has 0 aliphatic rings. The van der Waals surface area contributed by atoms with Crippen LogP contribution in [0.3, 0.4) is 0 Å². The van der Waals surface area contributed by atoms with E-state index in [1.807, 2.05) is 25.1 Å². The molecule has 6 nitrogen and oxygen atoms in total. The first kappa shape index (κ1) is 23.0. The largest absolute Gasteiger partial charge is 0.497 e. The highest BCUT2D eigenvalue weighted by molar-refractivity contribution is 14.0. The summed E-state index contributed by atoms with van der Waals surface area (Å²) in [6.45, 7) is 0.818. The van der Waals surface area contributed by atoms with E-state index in [2.05, 4.69) is 10.3 Å². The third kappa shape index (κ3) is 6.87. The van der Waals surface area contributed by atoms with Crippen LogP contribution in [0, 0.1) is 5.82 Å². The van der Waals surface area contributed by atoms with Gasteiger partial charge in [-0.05, 0) is 37.9 Å². The van der Waals surface area contributed by atoms with Crippen LogP contribution in [0.4, 0.5) is 10.1 Å². The lowest BCUT2D eigenvalue weighted by atomic mass is 10.1. The zero-order valence-electron chi connectivity index (χ0n) is 16.0. The summed E-state index contributed by atoms with van der Waals surface area (Å²) in [5.74, 6) is 1.24. The highest BCUT2D eigenvalue weighted by Crippen LogP contribution is 2.28. The first-order valence-corrected chi connectivity index (χ1v) is 8.14. The highest BCUT2D eigenvalue weighted by atomic mass is 127. The van der Waals surface area contributed by atoms with Gasteiger partial charge >= 0.3 is 0 Å². The molecule has 0 saturated heterocycles. The normalized spacial score (nSPS) is 11.1. The maximum atomic E-state index is 14.1. The summed E-state index contributed by atoms with van der Waals surface area (Å²) in [7, 11) is 6.95. The Morgan fingerprint density at radius 1 is 1.15 bits per heavy atom. The molecule has 0 bridgehead atoms. The Kier molecular flexibility index (Phi) is 9.30. The van der Waals surface area contributed by atoms with Crippen LogP contribution < -0.4 is 20.5 Å². The topological polar surface area (TPSA) is 72.1 Å². The number of methoxy groups -OCH3 is 2. The molecule has 0 spiro atoms. The van der Waals surface area contributed by atoms with Crippen LogP contribution in [0.15, 0.2) is 41.4 Å². The zero-order valence-corrected chi connectivity index (χ0v) is 18.3. The minimum absolute atomic E-state index is 0. The van der Waals surface area contributed by atoms with Crippen molar-refractivity contribution in [2.75, 3.05) is 33.6 Å². The summed E-state index contributed by atoms with van der Waals surface area (Å²) >= 11 is 0. The number of ether oxygens (including phenoxy) is 2. The molecule has 2 rings (SSSR count). The fraction of sp³-hybridized carbons (Fsp3) is 0.316. The SMILES string of the molecule is COc1ccc(OC)c(NC(N)=NCc2ccc(CN(C)C)c(F)c2)c1.I. The average Bonchev–Trinajstić information content (AvgIpc) is 2.61. The first-order chi connectivity index (χ1) is 12.4. The molecule has 8 heteroatoms. The van der Waals surface area contributed by atoms with Crippen molar-refractivity contribution >= 4 is 35.6 Å². The molecule has 2 aromatic carbocycles. The monoisotopic (exact) mass is 488 g/mol. The molecular weight excluding hydrogens is 462 g/mol. The fourth-order valence-electron chi connectivity index (χ4n) is 2.42. The lowest BCUT2D eigenvalue weighted by Gasteiger charge is -2.12. The van der Waals surface area contributed by atoms with Crippen molar-refractivity contribution in [1.82, 2.24) is 4.90 Å². The van der Waals surface area contributed by atoms with Crippen molar-refractivity contribution in [1.29, 1.82) is 0 Å². The third-order valence-corrected chi connectivity index (χ3v) is 3.71. The number of nitrogens with two attached hydrogens (primary N) is 1. The molecule has 0 heterocycles. The Hall–Kier alpha value is -2.07. The zero-order chi connectivity index (χ0) is 19.1. The molecule has 0 atom stereocenters. The van der Waals surface area contributed by atoms with Crippen LogP contribution in [0.2, 0.25) is 0 Å². The smallest absolute Gasteiger partial charge is 0.193 e. The predicted molar refractivity (Wildman–Crippen MR) is 118 cm³/mol. The number of hydrogen-bond acceptors (Lipinski definition) is 4. The molecule has 0 aromatic heterocycles. The van der Waals surface area contributed by atoms with Crippen molar-refractivity contribution in [3.05, 3.63) is 53.3 Å². The van der Waals surface area contributed by atoms with Gasteiger partial charge in [0.05, 0.1) is 26.5 Å². The summed E-state index contributed by atoms with van der Waals surface area (Å²) in [5, 5.41) is 2.98. The van der Waals surface area contributed by atoms with Crippen LogP contribution in [0.1, 0.15) is 11.1 Å². The average molecular weight is 488 g/mol. The van der Waals surface area contributed by atoms with Gasteiger partial charge in [0.1, 0.15) is 17.3 Å². The van der Waals surface area contributed by atoms with E-state index in [1.165, 1.54) is 6.07 Å². The Morgan fingerprint density at radius 2 is 1.89 bits per heavy atom. The summed E-state index contributed by atoms with van der Waals surface area (Å²) in [6.07, 6.45) is 0. The number of nitrogens with one attached hydrogen (secondary N) is 1. The second kappa shape index (κ2) is 10.9. The van der Waals surface area contributed by atoms with E-state index in [-0.39, 0.29) is 42.3 Å². The van der Waals surface area contributed by atoms with Gasteiger partial charge in [0.15, 0.2) is 5.96 Å². The second-order valence-corrected chi connectivity index (χ2v) is 6.06. The van der Waals surface area contributed by atoms with E-state index < -0.39 is 0 Å². The van der Waals surface area contributed by atoms with Gasteiger partial charge in [0.25, 0.3) is 0 Å². The molecule has 27 heavy (non-hydrogen) atoms. The molecule has 0 aliphatic carbocycles. The Balaban J connectivity index is 0.00000364. The second-order valence-electron chi connectivity index (χ2n) is 6.06. The minimum Gasteiger partial charge on any atom is -0.497 e. The first-order valence-electron chi connectivity index (χ1n) is 8.14. The van der Waals surface area contributed by atoms with Gasteiger partial charge in [-0.25, -0.2) is 9.38 Å². The van der Waals surface area contributed by atoms with E-state index >= 15 is 0 Å². The molecule has 3 N–H and O–H groups in total. The number of aliphatic imine (C=N–C) groups is 1. The minimum atomic E-state index is -0.243. The van der Waals surface area contributed by atoms with Gasteiger partial charge in [0, 0.05) is 18.2 Å². The Labute approximate surface area is 176 Å². The summed E-state index contributed by atoms with van der Waals surface area (Å²) < 4.78 is 24.6.